The topological polar surface area (TPSA) is 87.2 Å². The minimum absolute atomic E-state index is 0.0784. The Morgan fingerprint density at radius 1 is 1.11 bits per heavy atom. The van der Waals surface area contributed by atoms with Crippen LogP contribution in [0.1, 0.15) is 19.3 Å². The SMILES string of the molecule is O=C(O)C1CCCN(S(=O)(=O)N2CCCOCC2)C1. The van der Waals surface area contributed by atoms with Crippen molar-refractivity contribution < 1.29 is 23.1 Å². The van der Waals surface area contributed by atoms with Crippen LogP contribution >= 0.6 is 0 Å². The minimum Gasteiger partial charge on any atom is -0.481 e. The zero-order valence-electron chi connectivity index (χ0n) is 10.8. The van der Waals surface area contributed by atoms with Crippen LogP contribution in [-0.2, 0) is 19.7 Å². The average molecular weight is 292 g/mol. The normalized spacial score (nSPS) is 27.9. The van der Waals surface area contributed by atoms with E-state index in [1.165, 1.54) is 8.61 Å². The van der Waals surface area contributed by atoms with Crippen LogP contribution < -0.4 is 0 Å². The third-order valence-electron chi connectivity index (χ3n) is 3.57. The Kier molecular flexibility index (Phi) is 4.77. The predicted molar refractivity (Wildman–Crippen MR) is 67.9 cm³/mol. The van der Waals surface area contributed by atoms with E-state index in [1.807, 2.05) is 0 Å². The van der Waals surface area contributed by atoms with E-state index < -0.39 is 22.1 Å². The van der Waals surface area contributed by atoms with E-state index in [-0.39, 0.29) is 6.54 Å². The summed E-state index contributed by atoms with van der Waals surface area (Å²) in [5, 5.41) is 9.02. The highest BCUT2D eigenvalue weighted by atomic mass is 32.2. The molecule has 7 nitrogen and oxygen atoms in total. The lowest BCUT2D eigenvalue weighted by atomic mass is 10.0. The number of carboxylic acids is 1. The molecule has 2 heterocycles. The first-order chi connectivity index (χ1) is 9.01. The lowest BCUT2D eigenvalue weighted by Gasteiger charge is -2.33. The van der Waals surface area contributed by atoms with Gasteiger partial charge in [0.05, 0.1) is 12.5 Å². The van der Waals surface area contributed by atoms with Crippen LogP contribution in [0.15, 0.2) is 0 Å². The maximum Gasteiger partial charge on any atom is 0.307 e. The number of ether oxygens (including phenoxy) is 1. The number of carboxylic acid groups (broad SMARTS) is 1. The summed E-state index contributed by atoms with van der Waals surface area (Å²) < 4.78 is 32.9. The van der Waals surface area contributed by atoms with E-state index in [1.54, 1.807) is 0 Å². The Balaban J connectivity index is 2.07. The molecule has 1 atom stereocenters. The first-order valence-corrected chi connectivity index (χ1v) is 7.97. The second-order valence-corrected chi connectivity index (χ2v) is 6.84. The molecule has 1 unspecified atom stereocenters. The molecule has 0 aromatic heterocycles. The van der Waals surface area contributed by atoms with Crippen molar-refractivity contribution in [2.75, 3.05) is 39.4 Å². The highest BCUT2D eigenvalue weighted by Gasteiger charge is 2.35. The molecule has 2 fully saturated rings. The van der Waals surface area contributed by atoms with Crippen LogP contribution in [0, 0.1) is 5.92 Å². The summed E-state index contributed by atoms with van der Waals surface area (Å²) in [5.74, 6) is -1.51. The molecule has 19 heavy (non-hydrogen) atoms. The van der Waals surface area contributed by atoms with Gasteiger partial charge in [0.15, 0.2) is 0 Å². The molecule has 0 saturated carbocycles. The van der Waals surface area contributed by atoms with Gasteiger partial charge in [-0.2, -0.15) is 17.0 Å². The average Bonchev–Trinajstić information content (AvgIpc) is 2.68. The molecule has 2 aliphatic rings. The van der Waals surface area contributed by atoms with Crippen molar-refractivity contribution in [1.82, 2.24) is 8.61 Å². The maximum atomic E-state index is 12.5. The van der Waals surface area contributed by atoms with Crippen LogP contribution in [-0.4, -0.2) is 67.5 Å². The lowest BCUT2D eigenvalue weighted by Crippen LogP contribution is -2.49. The van der Waals surface area contributed by atoms with Crippen molar-refractivity contribution in [3.05, 3.63) is 0 Å². The van der Waals surface area contributed by atoms with Crippen LogP contribution in [0.5, 0.6) is 0 Å². The molecule has 0 bridgehead atoms. The number of carbonyl (C=O) groups is 1. The zero-order valence-corrected chi connectivity index (χ0v) is 11.6. The van der Waals surface area contributed by atoms with Crippen molar-refractivity contribution in [3.8, 4) is 0 Å². The van der Waals surface area contributed by atoms with Crippen molar-refractivity contribution in [2.45, 2.75) is 19.3 Å². The van der Waals surface area contributed by atoms with Gasteiger partial charge in [0.1, 0.15) is 0 Å². The number of hydrogen-bond acceptors (Lipinski definition) is 4. The second-order valence-electron chi connectivity index (χ2n) is 4.91. The molecule has 0 radical (unpaired) electrons. The van der Waals surface area contributed by atoms with Gasteiger partial charge in [-0.25, -0.2) is 0 Å². The summed E-state index contributed by atoms with van der Waals surface area (Å²) in [6.45, 7) is 2.24. The standard InChI is InChI=1S/C11H20N2O5S/c14-11(15)10-3-1-4-13(9-10)19(16,17)12-5-2-7-18-8-6-12/h10H,1-9H2,(H,14,15). The van der Waals surface area contributed by atoms with E-state index in [0.717, 1.165) is 0 Å². The van der Waals surface area contributed by atoms with E-state index in [2.05, 4.69) is 0 Å². The number of rotatable bonds is 3. The fourth-order valence-electron chi connectivity index (χ4n) is 2.47. The van der Waals surface area contributed by atoms with Gasteiger partial charge in [-0.05, 0) is 19.3 Å². The van der Waals surface area contributed by atoms with Crippen molar-refractivity contribution in [2.24, 2.45) is 5.92 Å². The predicted octanol–water partition coefficient (Wildman–Crippen LogP) is -0.250. The molecule has 0 spiro atoms. The van der Waals surface area contributed by atoms with Gasteiger partial charge < -0.3 is 9.84 Å². The molecule has 0 aliphatic carbocycles. The molecule has 1 N–H and O–H groups in total. The quantitative estimate of drug-likeness (QED) is 0.775. The summed E-state index contributed by atoms with van der Waals surface area (Å²) in [4.78, 5) is 11.0. The molecular weight excluding hydrogens is 272 g/mol. The van der Waals surface area contributed by atoms with Crippen LogP contribution in [0.3, 0.4) is 0 Å². The summed E-state index contributed by atoms with van der Waals surface area (Å²) in [6, 6.07) is 0. The van der Waals surface area contributed by atoms with Crippen molar-refractivity contribution >= 4 is 16.2 Å². The summed E-state index contributed by atoms with van der Waals surface area (Å²) in [6.07, 6.45) is 1.82. The molecule has 0 amide bonds. The summed E-state index contributed by atoms with van der Waals surface area (Å²) >= 11 is 0. The molecule has 2 rings (SSSR count). The van der Waals surface area contributed by atoms with E-state index >= 15 is 0 Å². The second kappa shape index (κ2) is 6.17. The molecule has 110 valence electrons. The van der Waals surface area contributed by atoms with Crippen LogP contribution in [0.4, 0.5) is 0 Å². The maximum absolute atomic E-state index is 12.5. The van der Waals surface area contributed by atoms with E-state index in [4.69, 9.17) is 9.84 Å². The molecule has 8 heteroatoms. The number of piperidine rings is 1. The first-order valence-electron chi connectivity index (χ1n) is 6.57. The van der Waals surface area contributed by atoms with Gasteiger partial charge in [-0.15, -0.1) is 0 Å². The highest BCUT2D eigenvalue weighted by molar-refractivity contribution is 7.86. The largest absolute Gasteiger partial charge is 0.481 e. The highest BCUT2D eigenvalue weighted by Crippen LogP contribution is 2.21. The Bertz CT molecular complexity index is 417. The molecule has 2 saturated heterocycles. The number of nitrogens with zero attached hydrogens (tertiary/aromatic N) is 2. The van der Waals surface area contributed by atoms with Crippen LogP contribution in [0.25, 0.3) is 0 Å². The third-order valence-corrected chi connectivity index (χ3v) is 5.57. The van der Waals surface area contributed by atoms with Crippen molar-refractivity contribution in [3.63, 3.8) is 0 Å². The monoisotopic (exact) mass is 292 g/mol. The molecule has 0 aromatic rings. The molecular formula is C11H20N2O5S. The van der Waals surface area contributed by atoms with E-state index in [0.29, 0.717) is 52.1 Å². The Morgan fingerprint density at radius 2 is 1.84 bits per heavy atom. The first kappa shape index (κ1) is 14.7. The summed E-state index contributed by atoms with van der Waals surface area (Å²) in [7, 11) is -3.55. The van der Waals surface area contributed by atoms with Crippen molar-refractivity contribution in [1.29, 1.82) is 0 Å². The lowest BCUT2D eigenvalue weighted by molar-refractivity contribution is -0.142. The van der Waals surface area contributed by atoms with Gasteiger partial charge in [-0.1, -0.05) is 0 Å². The van der Waals surface area contributed by atoms with Crippen LogP contribution in [0.2, 0.25) is 0 Å². The Morgan fingerprint density at radius 3 is 2.58 bits per heavy atom. The molecule has 2 aliphatic heterocycles. The smallest absolute Gasteiger partial charge is 0.307 e. The van der Waals surface area contributed by atoms with Gasteiger partial charge in [0.25, 0.3) is 10.2 Å². The summed E-state index contributed by atoms with van der Waals surface area (Å²) in [5.41, 5.74) is 0. The number of aliphatic carboxylic acids is 1. The zero-order chi connectivity index (χ0) is 13.9. The third kappa shape index (κ3) is 3.44. The van der Waals surface area contributed by atoms with Gasteiger partial charge in [-0.3, -0.25) is 4.79 Å². The number of hydrogen-bond donors (Lipinski definition) is 1. The van der Waals surface area contributed by atoms with Gasteiger partial charge >= 0.3 is 5.97 Å². The molecule has 0 aromatic carbocycles. The Hall–Kier alpha value is -0.700. The van der Waals surface area contributed by atoms with Gasteiger partial charge in [0.2, 0.25) is 0 Å². The van der Waals surface area contributed by atoms with Gasteiger partial charge in [0, 0.05) is 32.8 Å². The Labute approximate surface area is 113 Å². The fourth-order valence-corrected chi connectivity index (χ4v) is 4.19. The fraction of sp³-hybridized carbons (Fsp3) is 0.909. The van der Waals surface area contributed by atoms with E-state index in [9.17, 15) is 13.2 Å². The minimum atomic E-state index is -3.55.